The second kappa shape index (κ2) is 8.75. The number of hydrogen-bond donors (Lipinski definition) is 0. The van der Waals surface area contributed by atoms with Crippen molar-refractivity contribution < 1.29 is 13.9 Å². The van der Waals surface area contributed by atoms with Gasteiger partial charge in [0, 0.05) is 11.5 Å². The van der Waals surface area contributed by atoms with Crippen LogP contribution in [-0.4, -0.2) is 13.2 Å². The van der Waals surface area contributed by atoms with Gasteiger partial charge in [0.2, 0.25) is 0 Å². The van der Waals surface area contributed by atoms with Crippen molar-refractivity contribution in [3.05, 3.63) is 83.2 Å². The topological polar surface area (TPSA) is 42.2 Å². The van der Waals surface area contributed by atoms with Crippen LogP contribution in [0.2, 0.25) is 0 Å². The van der Waals surface area contributed by atoms with E-state index in [0.29, 0.717) is 13.2 Å². The second-order valence-electron chi connectivity index (χ2n) is 6.47. The fourth-order valence-electron chi connectivity index (χ4n) is 3.06. The molecule has 0 spiro atoms. The smallest absolute Gasteiger partial charge is 0.183 e. The Labute approximate surface area is 153 Å². The van der Waals surface area contributed by atoms with Crippen LogP contribution in [0, 0.1) is 17.1 Å². The Bertz CT molecular complexity index is 787. The molecule has 0 radical (unpaired) electrons. The van der Waals surface area contributed by atoms with E-state index in [1.54, 1.807) is 6.07 Å². The Morgan fingerprint density at radius 2 is 1.81 bits per heavy atom. The van der Waals surface area contributed by atoms with Gasteiger partial charge in [0.15, 0.2) is 6.29 Å². The molecule has 1 aliphatic heterocycles. The molecule has 3 nitrogen and oxygen atoms in total. The lowest BCUT2D eigenvalue weighted by atomic mass is 9.98. The van der Waals surface area contributed by atoms with Crippen LogP contribution < -0.4 is 0 Å². The number of rotatable bonds is 6. The maximum absolute atomic E-state index is 13.8. The van der Waals surface area contributed by atoms with Crippen molar-refractivity contribution >= 4 is 0 Å². The Balaban J connectivity index is 1.57. The molecule has 4 heteroatoms. The van der Waals surface area contributed by atoms with Gasteiger partial charge in [-0.25, -0.2) is 4.39 Å². The van der Waals surface area contributed by atoms with E-state index in [-0.39, 0.29) is 11.5 Å². The molecule has 1 fully saturated rings. The van der Waals surface area contributed by atoms with Crippen molar-refractivity contribution in [1.29, 1.82) is 5.26 Å². The summed E-state index contributed by atoms with van der Waals surface area (Å²) in [5.74, 6) is -0.536. The highest BCUT2D eigenvalue weighted by atomic mass is 19.1. The zero-order chi connectivity index (χ0) is 18.4. The van der Waals surface area contributed by atoms with Crippen molar-refractivity contribution in [2.45, 2.75) is 31.5 Å². The van der Waals surface area contributed by atoms with Crippen molar-refractivity contribution in [2.24, 2.45) is 0 Å². The number of unbranched alkanes of at least 4 members (excludes halogenated alkanes) is 1. The van der Waals surface area contributed by atoms with Crippen molar-refractivity contribution in [3.63, 3.8) is 0 Å². The largest absolute Gasteiger partial charge is 0.348 e. The maximum Gasteiger partial charge on any atom is 0.183 e. The lowest BCUT2D eigenvalue weighted by Crippen LogP contribution is -2.25. The maximum atomic E-state index is 13.8. The third kappa shape index (κ3) is 4.37. The molecule has 1 saturated heterocycles. The Morgan fingerprint density at radius 3 is 2.42 bits per heavy atom. The minimum Gasteiger partial charge on any atom is -0.348 e. The van der Waals surface area contributed by atoms with E-state index in [9.17, 15) is 4.39 Å². The molecule has 0 saturated carbocycles. The van der Waals surface area contributed by atoms with Crippen LogP contribution in [0.25, 0.3) is 0 Å². The van der Waals surface area contributed by atoms with E-state index in [1.807, 2.05) is 24.3 Å². The summed E-state index contributed by atoms with van der Waals surface area (Å²) in [4.78, 5) is 0. The van der Waals surface area contributed by atoms with Gasteiger partial charge in [0.25, 0.3) is 0 Å². The van der Waals surface area contributed by atoms with Crippen molar-refractivity contribution in [1.82, 2.24) is 0 Å². The molecule has 0 aliphatic carbocycles. The molecule has 0 atom stereocenters. The fourth-order valence-corrected chi connectivity index (χ4v) is 3.06. The molecule has 0 aromatic heterocycles. The SMILES string of the molecule is C=CCCCc1ccc(C2OCC(c3ccc(C#N)c(F)c3)CO2)cc1. The first-order valence-electron chi connectivity index (χ1n) is 8.83. The number of nitrogens with zero attached hydrogens (tertiary/aromatic N) is 1. The van der Waals surface area contributed by atoms with Gasteiger partial charge in [0.1, 0.15) is 11.9 Å². The lowest BCUT2D eigenvalue weighted by Gasteiger charge is -2.30. The molecule has 134 valence electrons. The molecule has 26 heavy (non-hydrogen) atoms. The molecule has 3 rings (SSSR count). The molecule has 0 bridgehead atoms. The third-order valence-electron chi connectivity index (χ3n) is 4.61. The van der Waals surface area contributed by atoms with Crippen LogP contribution in [-0.2, 0) is 15.9 Å². The zero-order valence-corrected chi connectivity index (χ0v) is 14.7. The minimum absolute atomic E-state index is 0.0355. The number of nitriles is 1. The van der Waals surface area contributed by atoms with Gasteiger partial charge in [-0.15, -0.1) is 6.58 Å². The highest BCUT2D eigenvalue weighted by Gasteiger charge is 2.25. The molecular weight excluding hydrogens is 329 g/mol. The fraction of sp³-hybridized carbons (Fsp3) is 0.318. The first-order chi connectivity index (χ1) is 12.7. The summed E-state index contributed by atoms with van der Waals surface area (Å²) in [5.41, 5.74) is 3.12. The van der Waals surface area contributed by atoms with Crippen LogP contribution in [0.15, 0.2) is 55.1 Å². The highest BCUT2D eigenvalue weighted by molar-refractivity contribution is 5.35. The number of hydrogen-bond acceptors (Lipinski definition) is 3. The van der Waals surface area contributed by atoms with Gasteiger partial charge in [-0.3, -0.25) is 0 Å². The molecule has 2 aromatic carbocycles. The summed E-state index contributed by atoms with van der Waals surface area (Å²) in [5, 5.41) is 8.82. The van der Waals surface area contributed by atoms with Crippen LogP contribution in [0.4, 0.5) is 4.39 Å². The highest BCUT2D eigenvalue weighted by Crippen LogP contribution is 2.30. The third-order valence-corrected chi connectivity index (χ3v) is 4.61. The average Bonchev–Trinajstić information content (AvgIpc) is 2.69. The van der Waals surface area contributed by atoms with Gasteiger partial charge >= 0.3 is 0 Å². The summed E-state index contributed by atoms with van der Waals surface area (Å²) < 4.78 is 25.5. The Hall–Kier alpha value is -2.48. The van der Waals surface area contributed by atoms with Crippen molar-refractivity contribution in [2.75, 3.05) is 13.2 Å². The lowest BCUT2D eigenvalue weighted by molar-refractivity contribution is -0.191. The first-order valence-corrected chi connectivity index (χ1v) is 8.83. The monoisotopic (exact) mass is 351 g/mol. The van der Waals surface area contributed by atoms with E-state index in [1.165, 1.54) is 17.7 Å². The molecule has 1 aliphatic rings. The summed E-state index contributed by atoms with van der Waals surface area (Å²) in [6.45, 7) is 4.65. The van der Waals surface area contributed by atoms with E-state index in [0.717, 1.165) is 30.4 Å². The molecule has 0 unspecified atom stereocenters. The number of allylic oxidation sites excluding steroid dienone is 1. The molecule has 1 heterocycles. The van der Waals surface area contributed by atoms with Gasteiger partial charge in [-0.2, -0.15) is 5.26 Å². The number of ether oxygens (including phenoxy) is 2. The van der Waals surface area contributed by atoms with Crippen molar-refractivity contribution in [3.8, 4) is 6.07 Å². The summed E-state index contributed by atoms with van der Waals surface area (Å²) in [7, 11) is 0. The predicted molar refractivity (Wildman–Crippen MR) is 98.1 cm³/mol. The normalized spacial score (nSPS) is 19.7. The second-order valence-corrected chi connectivity index (χ2v) is 6.47. The van der Waals surface area contributed by atoms with Gasteiger partial charge in [-0.05, 0) is 42.5 Å². The standard InChI is InChI=1S/C22H22FNO2/c1-2-3-4-5-16-6-8-17(9-7-16)22-25-14-20(15-26-22)18-10-11-19(13-24)21(23)12-18/h2,6-12,20,22H,1,3-5,14-15H2. The molecule has 0 amide bonds. The molecule has 0 N–H and O–H groups in total. The quantitative estimate of drug-likeness (QED) is 0.541. The number of halogens is 1. The summed E-state index contributed by atoms with van der Waals surface area (Å²) >= 11 is 0. The first kappa shape index (κ1) is 18.3. The zero-order valence-electron chi connectivity index (χ0n) is 14.7. The van der Waals surface area contributed by atoms with Crippen LogP contribution in [0.5, 0.6) is 0 Å². The molecule has 2 aromatic rings. The van der Waals surface area contributed by atoms with Gasteiger partial charge in [-0.1, -0.05) is 36.4 Å². The summed E-state index contributed by atoms with van der Waals surface area (Å²) in [6.07, 6.45) is 4.70. The van der Waals surface area contributed by atoms with Crippen LogP contribution in [0.1, 0.15) is 47.3 Å². The molecular formula is C22H22FNO2. The number of benzene rings is 2. The van der Waals surface area contributed by atoms with E-state index >= 15 is 0 Å². The summed E-state index contributed by atoms with van der Waals surface area (Å²) in [6, 6.07) is 14.8. The Morgan fingerprint density at radius 1 is 1.12 bits per heavy atom. The van der Waals surface area contributed by atoms with Gasteiger partial charge < -0.3 is 9.47 Å². The average molecular weight is 351 g/mol. The van der Waals surface area contributed by atoms with Gasteiger partial charge in [0.05, 0.1) is 18.8 Å². The van der Waals surface area contributed by atoms with Crippen LogP contribution in [0.3, 0.4) is 0 Å². The minimum atomic E-state index is -0.501. The van der Waals surface area contributed by atoms with Crippen LogP contribution >= 0.6 is 0 Å². The Kier molecular flexibility index (Phi) is 6.17. The number of aryl methyl sites for hydroxylation is 1. The predicted octanol–water partition coefficient (Wildman–Crippen LogP) is 5.04. The van der Waals surface area contributed by atoms with E-state index in [4.69, 9.17) is 14.7 Å². The van der Waals surface area contributed by atoms with E-state index in [2.05, 4.69) is 18.7 Å². The van der Waals surface area contributed by atoms with E-state index < -0.39 is 12.1 Å².